The summed E-state index contributed by atoms with van der Waals surface area (Å²) in [6.07, 6.45) is 0. The number of nitrogens with zero attached hydrogens (tertiary/aromatic N) is 1. The number of hydrogen-bond acceptors (Lipinski definition) is 4. The fraction of sp³-hybridized carbons (Fsp3) is 0.500. The summed E-state index contributed by atoms with van der Waals surface area (Å²) in [6, 6.07) is 1.62. The van der Waals surface area contributed by atoms with Crippen molar-refractivity contribution in [3.05, 3.63) is 23.0 Å². The number of carbonyl (C=O) groups excluding carboxylic acids is 1. The molecule has 0 aliphatic carbocycles. The summed E-state index contributed by atoms with van der Waals surface area (Å²) in [4.78, 5) is 15.7. The lowest BCUT2D eigenvalue weighted by atomic mass is 10.1. The molecular weight excluding hydrogens is 204 g/mol. The smallest absolute Gasteiger partial charge is 0.327 e. The van der Waals surface area contributed by atoms with Gasteiger partial charge in [-0.25, -0.2) is 4.79 Å². The van der Waals surface area contributed by atoms with Gasteiger partial charge in [0.25, 0.3) is 0 Å². The number of ether oxygens (including phenoxy) is 1. The molecule has 1 N–H and O–H groups in total. The predicted molar refractivity (Wildman–Crippen MR) is 63.5 cm³/mol. The monoisotopic (exact) mass is 222 g/mol. The van der Waals surface area contributed by atoms with Crippen molar-refractivity contribution in [3.63, 3.8) is 0 Å². The molecule has 0 aromatic carbocycles. The van der Waals surface area contributed by atoms with E-state index in [0.717, 1.165) is 22.6 Å². The number of anilines is 1. The Balaban J connectivity index is 2.93. The van der Waals surface area contributed by atoms with Gasteiger partial charge in [0.1, 0.15) is 6.04 Å². The van der Waals surface area contributed by atoms with E-state index in [1.165, 1.54) is 7.11 Å². The van der Waals surface area contributed by atoms with E-state index in [2.05, 4.69) is 15.0 Å². The Morgan fingerprint density at radius 3 is 2.56 bits per heavy atom. The third kappa shape index (κ3) is 2.72. The van der Waals surface area contributed by atoms with E-state index in [9.17, 15) is 4.79 Å². The highest BCUT2D eigenvalue weighted by Gasteiger charge is 2.15. The summed E-state index contributed by atoms with van der Waals surface area (Å²) in [7, 11) is 1.38. The number of nitrogens with one attached hydrogen (secondary N) is 1. The van der Waals surface area contributed by atoms with Crippen LogP contribution in [0.3, 0.4) is 0 Å². The lowest BCUT2D eigenvalue weighted by Crippen LogP contribution is -2.28. The number of methoxy groups -OCH3 is 1. The highest BCUT2D eigenvalue weighted by molar-refractivity contribution is 5.79. The molecule has 0 unspecified atom stereocenters. The molecule has 1 atom stereocenters. The maximum atomic E-state index is 11.3. The van der Waals surface area contributed by atoms with Gasteiger partial charge < -0.3 is 10.1 Å². The Bertz CT molecular complexity index is 379. The molecule has 0 bridgehead atoms. The molecule has 4 nitrogen and oxygen atoms in total. The van der Waals surface area contributed by atoms with Gasteiger partial charge in [0, 0.05) is 5.69 Å². The summed E-state index contributed by atoms with van der Waals surface area (Å²) in [5, 5.41) is 3.12. The average molecular weight is 222 g/mol. The molecule has 0 aliphatic heterocycles. The van der Waals surface area contributed by atoms with Crippen LogP contribution in [0.5, 0.6) is 0 Å². The van der Waals surface area contributed by atoms with Crippen molar-refractivity contribution in [2.45, 2.75) is 33.7 Å². The minimum absolute atomic E-state index is 0.278. The van der Waals surface area contributed by atoms with Crippen LogP contribution in [0.2, 0.25) is 0 Å². The zero-order chi connectivity index (χ0) is 12.3. The summed E-state index contributed by atoms with van der Waals surface area (Å²) < 4.78 is 4.67. The molecule has 1 aromatic heterocycles. The number of aromatic nitrogens is 1. The van der Waals surface area contributed by atoms with Gasteiger partial charge in [0.2, 0.25) is 0 Å². The SMILES string of the molecule is COC(=O)[C@H](C)Nc1c(C)cc(C)nc1C. The van der Waals surface area contributed by atoms with Crippen LogP contribution in [0.1, 0.15) is 23.9 Å². The molecule has 0 aliphatic rings. The quantitative estimate of drug-likeness (QED) is 0.794. The van der Waals surface area contributed by atoms with Crippen molar-refractivity contribution >= 4 is 11.7 Å². The van der Waals surface area contributed by atoms with Gasteiger partial charge in [-0.1, -0.05) is 0 Å². The van der Waals surface area contributed by atoms with Crippen molar-refractivity contribution < 1.29 is 9.53 Å². The number of rotatable bonds is 3. The summed E-state index contributed by atoms with van der Waals surface area (Å²) >= 11 is 0. The fourth-order valence-corrected chi connectivity index (χ4v) is 1.69. The number of aryl methyl sites for hydroxylation is 3. The number of hydrogen-bond donors (Lipinski definition) is 1. The van der Waals surface area contributed by atoms with Gasteiger partial charge in [-0.2, -0.15) is 0 Å². The van der Waals surface area contributed by atoms with E-state index in [0.29, 0.717) is 0 Å². The van der Waals surface area contributed by atoms with Gasteiger partial charge in [-0.15, -0.1) is 0 Å². The third-order valence-electron chi connectivity index (χ3n) is 2.44. The summed E-state index contributed by atoms with van der Waals surface area (Å²) in [5.41, 5.74) is 3.86. The van der Waals surface area contributed by atoms with Crippen molar-refractivity contribution in [1.82, 2.24) is 4.98 Å². The highest BCUT2D eigenvalue weighted by atomic mass is 16.5. The van der Waals surface area contributed by atoms with Crippen LogP contribution in [0.15, 0.2) is 6.07 Å². The Labute approximate surface area is 96.0 Å². The Hall–Kier alpha value is -1.58. The first kappa shape index (κ1) is 12.5. The van der Waals surface area contributed by atoms with E-state index in [4.69, 9.17) is 0 Å². The van der Waals surface area contributed by atoms with Crippen LogP contribution < -0.4 is 5.32 Å². The molecule has 0 amide bonds. The van der Waals surface area contributed by atoms with Crippen LogP contribution in [-0.2, 0) is 9.53 Å². The average Bonchev–Trinajstić information content (AvgIpc) is 2.21. The predicted octanol–water partition coefficient (Wildman–Crippen LogP) is 1.98. The molecule has 1 rings (SSSR count). The second-order valence-electron chi connectivity index (χ2n) is 3.93. The van der Waals surface area contributed by atoms with Crippen molar-refractivity contribution in [2.24, 2.45) is 0 Å². The topological polar surface area (TPSA) is 51.2 Å². The first-order valence-corrected chi connectivity index (χ1v) is 5.25. The van der Waals surface area contributed by atoms with Crippen molar-refractivity contribution in [1.29, 1.82) is 0 Å². The second kappa shape index (κ2) is 4.96. The molecule has 0 fully saturated rings. The maximum Gasteiger partial charge on any atom is 0.327 e. The lowest BCUT2D eigenvalue weighted by Gasteiger charge is -2.17. The Morgan fingerprint density at radius 1 is 1.44 bits per heavy atom. The van der Waals surface area contributed by atoms with Crippen LogP contribution in [0.4, 0.5) is 5.69 Å². The van der Waals surface area contributed by atoms with Crippen LogP contribution in [0, 0.1) is 20.8 Å². The minimum Gasteiger partial charge on any atom is -0.467 e. The van der Waals surface area contributed by atoms with E-state index in [1.54, 1.807) is 6.92 Å². The van der Waals surface area contributed by atoms with E-state index >= 15 is 0 Å². The van der Waals surface area contributed by atoms with E-state index < -0.39 is 0 Å². The molecule has 0 spiro atoms. The van der Waals surface area contributed by atoms with Gasteiger partial charge in [0.05, 0.1) is 18.5 Å². The number of carbonyl (C=O) groups is 1. The van der Waals surface area contributed by atoms with E-state index in [-0.39, 0.29) is 12.0 Å². The zero-order valence-corrected chi connectivity index (χ0v) is 10.4. The third-order valence-corrected chi connectivity index (χ3v) is 2.44. The lowest BCUT2D eigenvalue weighted by molar-refractivity contribution is -0.141. The van der Waals surface area contributed by atoms with Gasteiger partial charge in [-0.3, -0.25) is 4.98 Å². The molecule has 1 aromatic rings. The largest absolute Gasteiger partial charge is 0.467 e. The highest BCUT2D eigenvalue weighted by Crippen LogP contribution is 2.20. The molecule has 16 heavy (non-hydrogen) atoms. The molecule has 4 heteroatoms. The van der Waals surface area contributed by atoms with Gasteiger partial charge >= 0.3 is 5.97 Å². The van der Waals surface area contributed by atoms with Crippen LogP contribution in [0.25, 0.3) is 0 Å². The van der Waals surface area contributed by atoms with Gasteiger partial charge in [-0.05, 0) is 39.3 Å². The second-order valence-corrected chi connectivity index (χ2v) is 3.93. The fourth-order valence-electron chi connectivity index (χ4n) is 1.69. The minimum atomic E-state index is -0.369. The normalized spacial score (nSPS) is 12.1. The van der Waals surface area contributed by atoms with Gasteiger partial charge in [0.15, 0.2) is 0 Å². The molecule has 0 saturated heterocycles. The molecule has 1 heterocycles. The first-order chi connectivity index (χ1) is 7.45. The number of esters is 1. The maximum absolute atomic E-state index is 11.3. The molecule has 0 saturated carbocycles. The van der Waals surface area contributed by atoms with Crippen LogP contribution in [-0.4, -0.2) is 24.1 Å². The first-order valence-electron chi connectivity index (χ1n) is 5.25. The molecule has 88 valence electrons. The Kier molecular flexibility index (Phi) is 3.88. The molecule has 0 radical (unpaired) electrons. The molecular formula is C12H18N2O2. The summed E-state index contributed by atoms with van der Waals surface area (Å²) in [5.74, 6) is -0.278. The summed E-state index contributed by atoms with van der Waals surface area (Å²) in [6.45, 7) is 7.64. The van der Waals surface area contributed by atoms with Crippen molar-refractivity contribution in [3.8, 4) is 0 Å². The van der Waals surface area contributed by atoms with Crippen molar-refractivity contribution in [2.75, 3.05) is 12.4 Å². The standard InChI is InChI=1S/C12H18N2O2/c1-7-6-8(2)13-9(3)11(7)14-10(4)12(15)16-5/h6,10,14H,1-5H3/t10-/m0/s1. The van der Waals surface area contributed by atoms with Crippen LogP contribution >= 0.6 is 0 Å². The zero-order valence-electron chi connectivity index (χ0n) is 10.4. The number of pyridine rings is 1. The van der Waals surface area contributed by atoms with E-state index in [1.807, 2.05) is 26.8 Å². The Morgan fingerprint density at radius 2 is 2.06 bits per heavy atom.